The Balaban J connectivity index is 1.50. The van der Waals surface area contributed by atoms with Crippen molar-refractivity contribution in [3.63, 3.8) is 0 Å². The number of nitrogens with zero attached hydrogens (tertiary/aromatic N) is 2. The fraction of sp³-hybridized carbons (Fsp3) is 0.375. The van der Waals surface area contributed by atoms with Gasteiger partial charge in [-0.2, -0.15) is 0 Å². The zero-order valence-corrected chi connectivity index (χ0v) is 18.7. The number of aryl methyl sites for hydroxylation is 1. The smallest absolute Gasteiger partial charge is 0.265 e. The number of hydrogen-bond donors (Lipinski definition) is 0. The van der Waals surface area contributed by atoms with Gasteiger partial charge in [0, 0.05) is 18.7 Å². The van der Waals surface area contributed by atoms with Gasteiger partial charge in [-0.15, -0.1) is 0 Å². The Morgan fingerprint density at radius 3 is 2.66 bits per heavy atom. The van der Waals surface area contributed by atoms with Crippen molar-refractivity contribution in [2.75, 3.05) is 37.7 Å². The Bertz CT molecular complexity index is 1050. The van der Waals surface area contributed by atoms with Crippen LogP contribution in [0.3, 0.4) is 0 Å². The van der Waals surface area contributed by atoms with E-state index in [0.29, 0.717) is 40.9 Å². The molecule has 32 heavy (non-hydrogen) atoms. The van der Waals surface area contributed by atoms with Crippen LogP contribution in [0.2, 0.25) is 5.02 Å². The number of rotatable bonds is 6. The molecule has 2 heterocycles. The van der Waals surface area contributed by atoms with E-state index in [2.05, 4.69) is 0 Å². The number of carbonyl (C=O) groups excluding carboxylic acids is 3. The number of ether oxygens (including phenoxy) is 2. The van der Waals surface area contributed by atoms with Gasteiger partial charge in [-0.05, 0) is 62.1 Å². The molecular formula is C24H25ClN2O5. The third-order valence-electron chi connectivity index (χ3n) is 5.67. The number of hydrogen-bond acceptors (Lipinski definition) is 5. The first-order valence-corrected chi connectivity index (χ1v) is 11.1. The molecule has 0 spiro atoms. The van der Waals surface area contributed by atoms with Crippen LogP contribution in [-0.2, 0) is 9.59 Å². The maximum Gasteiger partial charge on any atom is 0.265 e. The van der Waals surface area contributed by atoms with Crippen LogP contribution in [0.1, 0.15) is 35.2 Å². The quantitative estimate of drug-likeness (QED) is 0.620. The van der Waals surface area contributed by atoms with E-state index in [0.717, 1.165) is 24.8 Å². The van der Waals surface area contributed by atoms with E-state index in [9.17, 15) is 14.4 Å². The van der Waals surface area contributed by atoms with Gasteiger partial charge < -0.3 is 14.4 Å². The molecule has 1 fully saturated rings. The number of piperidine rings is 1. The summed E-state index contributed by atoms with van der Waals surface area (Å²) in [6, 6.07) is 10.2. The Kier molecular flexibility index (Phi) is 6.65. The monoisotopic (exact) mass is 456 g/mol. The molecule has 8 heteroatoms. The molecule has 0 aliphatic carbocycles. The standard InChI is InChI=1S/C24H25ClN2O5/c1-16-5-7-18(25)22(11-16)31-14-20(28)17-6-8-21-19(12-17)27(24(30)15-32-21)13-23(29)26-9-3-2-4-10-26/h5-8,11-12H,2-4,9-10,13-15H2,1H3. The highest BCUT2D eigenvalue weighted by Gasteiger charge is 2.30. The van der Waals surface area contributed by atoms with Crippen LogP contribution in [0.4, 0.5) is 5.69 Å². The molecule has 0 saturated carbocycles. The Morgan fingerprint density at radius 1 is 1.09 bits per heavy atom. The van der Waals surface area contributed by atoms with Crippen molar-refractivity contribution >= 4 is 34.9 Å². The van der Waals surface area contributed by atoms with Crippen LogP contribution >= 0.6 is 11.6 Å². The lowest BCUT2D eigenvalue weighted by atomic mass is 10.1. The lowest BCUT2D eigenvalue weighted by molar-refractivity contribution is -0.132. The minimum absolute atomic E-state index is 0.0672. The molecule has 2 aromatic rings. The van der Waals surface area contributed by atoms with Crippen molar-refractivity contribution in [3.8, 4) is 11.5 Å². The van der Waals surface area contributed by atoms with E-state index in [4.69, 9.17) is 21.1 Å². The molecule has 7 nitrogen and oxygen atoms in total. The summed E-state index contributed by atoms with van der Waals surface area (Å²) in [6.45, 7) is 2.92. The number of carbonyl (C=O) groups is 3. The summed E-state index contributed by atoms with van der Waals surface area (Å²) in [5.74, 6) is 0.224. The van der Waals surface area contributed by atoms with Gasteiger partial charge in [0.2, 0.25) is 5.91 Å². The summed E-state index contributed by atoms with van der Waals surface area (Å²) in [5.41, 5.74) is 1.75. The minimum atomic E-state index is -0.310. The summed E-state index contributed by atoms with van der Waals surface area (Å²) < 4.78 is 11.1. The Hall–Kier alpha value is -3.06. The number of ketones is 1. The lowest BCUT2D eigenvalue weighted by Gasteiger charge is -2.32. The number of benzene rings is 2. The highest BCUT2D eigenvalue weighted by Crippen LogP contribution is 2.33. The molecule has 2 aliphatic heterocycles. The van der Waals surface area contributed by atoms with Crippen LogP contribution in [-0.4, -0.2) is 55.3 Å². The molecule has 0 aromatic heterocycles. The number of Topliss-reactive ketones (excluding diaryl/α,β-unsaturated/α-hetero) is 1. The van der Waals surface area contributed by atoms with E-state index in [1.807, 2.05) is 13.0 Å². The molecule has 2 aromatic carbocycles. The van der Waals surface area contributed by atoms with Crippen molar-refractivity contribution in [1.29, 1.82) is 0 Å². The van der Waals surface area contributed by atoms with Gasteiger partial charge in [0.1, 0.15) is 18.0 Å². The van der Waals surface area contributed by atoms with Gasteiger partial charge in [-0.1, -0.05) is 17.7 Å². The van der Waals surface area contributed by atoms with Crippen LogP contribution in [0.25, 0.3) is 0 Å². The molecule has 4 rings (SSSR count). The summed E-state index contributed by atoms with van der Waals surface area (Å²) in [4.78, 5) is 41.3. The Morgan fingerprint density at radius 2 is 1.88 bits per heavy atom. The average Bonchev–Trinajstić information content (AvgIpc) is 2.81. The highest BCUT2D eigenvalue weighted by molar-refractivity contribution is 6.32. The maximum atomic E-state index is 12.8. The second-order valence-electron chi connectivity index (χ2n) is 8.04. The molecule has 0 unspecified atom stereocenters. The number of likely N-dealkylation sites (tertiary alicyclic amines) is 1. The number of fused-ring (bicyclic) bond motifs is 1. The normalized spacial score (nSPS) is 15.8. The number of halogens is 1. The van der Waals surface area contributed by atoms with Gasteiger partial charge in [0.25, 0.3) is 5.91 Å². The highest BCUT2D eigenvalue weighted by atomic mass is 35.5. The second kappa shape index (κ2) is 9.61. The second-order valence-corrected chi connectivity index (χ2v) is 8.45. The van der Waals surface area contributed by atoms with Gasteiger partial charge in [0.05, 0.1) is 10.7 Å². The Labute approximate surface area is 191 Å². The average molecular weight is 457 g/mol. The van der Waals surface area contributed by atoms with Crippen molar-refractivity contribution < 1.29 is 23.9 Å². The molecule has 0 atom stereocenters. The fourth-order valence-corrected chi connectivity index (χ4v) is 4.05. The van der Waals surface area contributed by atoms with Crippen molar-refractivity contribution in [3.05, 3.63) is 52.5 Å². The molecule has 0 bridgehead atoms. The molecule has 2 amide bonds. The van der Waals surface area contributed by atoms with Gasteiger partial charge >= 0.3 is 0 Å². The van der Waals surface area contributed by atoms with Gasteiger partial charge in [0.15, 0.2) is 19.0 Å². The van der Waals surface area contributed by atoms with Crippen LogP contribution in [0.5, 0.6) is 11.5 Å². The minimum Gasteiger partial charge on any atom is -0.484 e. The van der Waals surface area contributed by atoms with E-state index in [1.165, 1.54) is 4.90 Å². The molecule has 168 valence electrons. The van der Waals surface area contributed by atoms with Crippen molar-refractivity contribution in [1.82, 2.24) is 4.90 Å². The summed E-state index contributed by atoms with van der Waals surface area (Å²) in [5, 5.41) is 0.426. The summed E-state index contributed by atoms with van der Waals surface area (Å²) in [7, 11) is 0. The summed E-state index contributed by atoms with van der Waals surface area (Å²) in [6.07, 6.45) is 3.07. The number of anilines is 1. The van der Waals surface area contributed by atoms with E-state index in [1.54, 1.807) is 35.2 Å². The van der Waals surface area contributed by atoms with Crippen LogP contribution < -0.4 is 14.4 Å². The third-order valence-corrected chi connectivity index (χ3v) is 5.98. The zero-order valence-electron chi connectivity index (χ0n) is 17.9. The maximum absolute atomic E-state index is 12.8. The zero-order chi connectivity index (χ0) is 22.7. The molecule has 0 radical (unpaired) electrons. The van der Waals surface area contributed by atoms with E-state index >= 15 is 0 Å². The van der Waals surface area contributed by atoms with Crippen molar-refractivity contribution in [2.24, 2.45) is 0 Å². The van der Waals surface area contributed by atoms with Gasteiger partial charge in [-0.25, -0.2) is 0 Å². The molecule has 0 N–H and O–H groups in total. The molecule has 2 aliphatic rings. The molecule has 1 saturated heterocycles. The van der Waals surface area contributed by atoms with Crippen LogP contribution in [0.15, 0.2) is 36.4 Å². The van der Waals surface area contributed by atoms with Gasteiger partial charge in [-0.3, -0.25) is 19.3 Å². The topological polar surface area (TPSA) is 76.2 Å². The van der Waals surface area contributed by atoms with E-state index < -0.39 is 0 Å². The first-order valence-electron chi connectivity index (χ1n) is 10.7. The van der Waals surface area contributed by atoms with Crippen molar-refractivity contribution in [2.45, 2.75) is 26.2 Å². The SMILES string of the molecule is Cc1ccc(Cl)c(OCC(=O)c2ccc3c(c2)N(CC(=O)N2CCCCC2)C(=O)CO3)c1. The lowest BCUT2D eigenvalue weighted by Crippen LogP contribution is -2.47. The first kappa shape index (κ1) is 22.1. The van der Waals surface area contributed by atoms with Crippen LogP contribution in [0, 0.1) is 6.92 Å². The largest absolute Gasteiger partial charge is 0.484 e. The van der Waals surface area contributed by atoms with E-state index in [-0.39, 0.29) is 37.4 Å². The summed E-state index contributed by atoms with van der Waals surface area (Å²) >= 11 is 6.14. The molecular weight excluding hydrogens is 432 g/mol. The third kappa shape index (κ3) is 4.88. The number of amides is 2. The predicted molar refractivity (Wildman–Crippen MR) is 121 cm³/mol. The first-order chi connectivity index (χ1) is 15.4. The fourth-order valence-electron chi connectivity index (χ4n) is 3.88. The predicted octanol–water partition coefficient (Wildman–Crippen LogP) is 3.65.